The van der Waals surface area contributed by atoms with Crippen molar-refractivity contribution in [1.82, 2.24) is 15.1 Å². The van der Waals surface area contributed by atoms with Crippen LogP contribution in [0.5, 0.6) is 0 Å². The molecule has 3 heterocycles. The van der Waals surface area contributed by atoms with Crippen molar-refractivity contribution in [3.63, 3.8) is 0 Å². The number of benzene rings is 1. The molecule has 172 valence electrons. The number of guanidine groups is 1. The summed E-state index contributed by atoms with van der Waals surface area (Å²) in [5, 5.41) is 15.8. The van der Waals surface area contributed by atoms with E-state index in [1.54, 1.807) is 9.80 Å². The molecule has 2 amide bonds. The van der Waals surface area contributed by atoms with E-state index in [4.69, 9.17) is 4.42 Å². The van der Waals surface area contributed by atoms with Crippen molar-refractivity contribution in [2.24, 2.45) is 4.99 Å². The lowest BCUT2D eigenvalue weighted by Gasteiger charge is -2.28. The van der Waals surface area contributed by atoms with E-state index >= 15 is 0 Å². The molecular formula is C24H28N6O3. The Hall–Kier alpha value is -3.80. The summed E-state index contributed by atoms with van der Waals surface area (Å²) in [5.74, 6) is 0.776. The lowest BCUT2D eigenvalue weighted by Crippen LogP contribution is -2.46. The number of carbonyl (C=O) groups is 2. The first-order chi connectivity index (χ1) is 16.0. The quantitative estimate of drug-likeness (QED) is 0.244. The Morgan fingerprint density at radius 1 is 1.27 bits per heavy atom. The molecule has 0 saturated carbocycles. The maximum absolute atomic E-state index is 13.2. The minimum atomic E-state index is -0.662. The summed E-state index contributed by atoms with van der Waals surface area (Å²) < 4.78 is 5.60. The molecule has 1 unspecified atom stereocenters. The van der Waals surface area contributed by atoms with Crippen LogP contribution in [0.3, 0.4) is 0 Å². The first-order valence-corrected chi connectivity index (χ1v) is 11.2. The number of rotatable bonds is 4. The Balaban J connectivity index is 1.49. The van der Waals surface area contributed by atoms with Crippen molar-refractivity contribution in [3.05, 3.63) is 42.2 Å². The van der Waals surface area contributed by atoms with Crippen LogP contribution >= 0.6 is 0 Å². The largest absolute Gasteiger partial charge is 0.461 e. The molecule has 1 aromatic carbocycles. The van der Waals surface area contributed by atoms with Gasteiger partial charge in [0.15, 0.2) is 6.19 Å². The molecule has 2 aliphatic heterocycles. The third-order valence-electron chi connectivity index (χ3n) is 5.85. The predicted octanol–water partition coefficient (Wildman–Crippen LogP) is 2.75. The fourth-order valence-electron chi connectivity index (χ4n) is 4.19. The third kappa shape index (κ3) is 5.52. The molecule has 0 spiro atoms. The number of aryl methyl sites for hydroxylation is 1. The molecule has 1 aromatic heterocycles. The number of nitrogens with zero attached hydrogens (tertiary/aromatic N) is 4. The van der Waals surface area contributed by atoms with Crippen LogP contribution in [0.4, 0.5) is 5.69 Å². The van der Waals surface area contributed by atoms with Gasteiger partial charge in [-0.05, 0) is 56.9 Å². The summed E-state index contributed by atoms with van der Waals surface area (Å²) in [6.45, 7) is 3.74. The standard InChI is InChI=1S/C24H28N6O3/c1-17-13-18-14-19(8-9-21(18)33-17)27-24(26-16-25)28-20-7-3-6-12-30(23(20)32)15-22(31)29-10-4-2-5-11-29/h2,4,8-9,13-14,20H,3,5-7,10-12,15H2,1H3,(H2,26,27,28). The summed E-state index contributed by atoms with van der Waals surface area (Å²) in [6, 6.07) is 6.83. The van der Waals surface area contributed by atoms with Gasteiger partial charge in [-0.2, -0.15) is 5.26 Å². The molecule has 2 N–H and O–H groups in total. The molecule has 0 radical (unpaired) electrons. The molecule has 1 saturated heterocycles. The molecule has 2 aromatic rings. The summed E-state index contributed by atoms with van der Waals surface area (Å²) in [4.78, 5) is 33.8. The van der Waals surface area contributed by atoms with Crippen molar-refractivity contribution in [1.29, 1.82) is 5.26 Å². The van der Waals surface area contributed by atoms with Crippen LogP contribution in [0.1, 0.15) is 31.4 Å². The van der Waals surface area contributed by atoms with Crippen LogP contribution in [0.2, 0.25) is 0 Å². The predicted molar refractivity (Wildman–Crippen MR) is 125 cm³/mol. The van der Waals surface area contributed by atoms with Gasteiger partial charge in [0.2, 0.25) is 17.8 Å². The molecule has 9 nitrogen and oxygen atoms in total. The van der Waals surface area contributed by atoms with Crippen LogP contribution in [-0.2, 0) is 9.59 Å². The Morgan fingerprint density at radius 2 is 2.15 bits per heavy atom. The van der Waals surface area contributed by atoms with E-state index < -0.39 is 6.04 Å². The molecule has 0 aliphatic carbocycles. The van der Waals surface area contributed by atoms with Gasteiger partial charge in [0.25, 0.3) is 0 Å². The Bertz CT molecular complexity index is 1130. The summed E-state index contributed by atoms with van der Waals surface area (Å²) >= 11 is 0. The molecular weight excluding hydrogens is 420 g/mol. The molecule has 1 fully saturated rings. The molecule has 33 heavy (non-hydrogen) atoms. The Morgan fingerprint density at radius 3 is 2.94 bits per heavy atom. The topological polar surface area (TPSA) is 114 Å². The Labute approximate surface area is 192 Å². The number of hydrogen-bond acceptors (Lipinski definition) is 5. The number of carbonyl (C=O) groups excluding carboxylic acids is 2. The summed E-state index contributed by atoms with van der Waals surface area (Å²) in [7, 11) is 0. The van der Waals surface area contributed by atoms with Crippen LogP contribution in [0.15, 0.2) is 45.8 Å². The van der Waals surface area contributed by atoms with E-state index in [2.05, 4.69) is 21.7 Å². The number of anilines is 1. The SMILES string of the molecule is Cc1cc2cc(NC(=NC3CCCCN(CC(=O)N4CC=CCC4)C3=O)NC#N)ccc2o1. The number of likely N-dealkylation sites (tertiary alicyclic amines) is 1. The number of aliphatic imine (C=N–C) groups is 1. The second-order valence-corrected chi connectivity index (χ2v) is 8.32. The fourth-order valence-corrected chi connectivity index (χ4v) is 4.19. The highest BCUT2D eigenvalue weighted by Gasteiger charge is 2.29. The average Bonchev–Trinajstić information content (AvgIpc) is 3.10. The highest BCUT2D eigenvalue weighted by molar-refractivity contribution is 5.98. The number of nitrogens with one attached hydrogen (secondary N) is 2. The number of furan rings is 1. The zero-order chi connectivity index (χ0) is 23.2. The van der Waals surface area contributed by atoms with Gasteiger partial charge in [0.1, 0.15) is 17.4 Å². The van der Waals surface area contributed by atoms with E-state index in [0.29, 0.717) is 26.1 Å². The number of nitriles is 1. The highest BCUT2D eigenvalue weighted by Crippen LogP contribution is 2.23. The zero-order valence-corrected chi connectivity index (χ0v) is 18.7. The van der Waals surface area contributed by atoms with Crippen LogP contribution in [0, 0.1) is 18.4 Å². The molecule has 2 aliphatic rings. The fraction of sp³-hybridized carbons (Fsp3) is 0.417. The van der Waals surface area contributed by atoms with Crippen LogP contribution in [0.25, 0.3) is 11.0 Å². The number of amides is 2. The first kappa shape index (κ1) is 22.4. The van der Waals surface area contributed by atoms with E-state index in [9.17, 15) is 14.9 Å². The summed E-state index contributed by atoms with van der Waals surface area (Å²) in [6.07, 6.45) is 8.96. The van der Waals surface area contributed by atoms with Gasteiger partial charge in [-0.15, -0.1) is 0 Å². The van der Waals surface area contributed by atoms with Crippen molar-refractivity contribution in [3.8, 4) is 6.19 Å². The van der Waals surface area contributed by atoms with Gasteiger partial charge in [-0.3, -0.25) is 14.9 Å². The van der Waals surface area contributed by atoms with Gasteiger partial charge in [0.05, 0.1) is 6.54 Å². The second-order valence-electron chi connectivity index (χ2n) is 8.32. The van der Waals surface area contributed by atoms with Gasteiger partial charge in [0, 0.05) is 30.7 Å². The maximum Gasteiger partial charge on any atom is 0.247 e. The maximum atomic E-state index is 13.2. The van der Waals surface area contributed by atoms with Gasteiger partial charge >= 0.3 is 0 Å². The first-order valence-electron chi connectivity index (χ1n) is 11.2. The Kier molecular flexibility index (Phi) is 6.93. The van der Waals surface area contributed by atoms with Gasteiger partial charge in [-0.1, -0.05) is 12.2 Å². The zero-order valence-electron chi connectivity index (χ0n) is 18.7. The lowest BCUT2D eigenvalue weighted by molar-refractivity contribution is -0.140. The number of fused-ring (bicyclic) bond motifs is 1. The summed E-state index contributed by atoms with van der Waals surface area (Å²) in [5.41, 5.74) is 1.49. The highest BCUT2D eigenvalue weighted by atomic mass is 16.3. The van der Waals surface area contributed by atoms with Crippen molar-refractivity contribution in [2.75, 3.05) is 31.5 Å². The van der Waals surface area contributed by atoms with Crippen molar-refractivity contribution in [2.45, 2.75) is 38.6 Å². The van der Waals surface area contributed by atoms with E-state index in [1.807, 2.05) is 43.5 Å². The van der Waals surface area contributed by atoms with Gasteiger partial charge in [-0.25, -0.2) is 4.99 Å². The van der Waals surface area contributed by atoms with Crippen molar-refractivity contribution < 1.29 is 14.0 Å². The van der Waals surface area contributed by atoms with E-state index in [1.165, 1.54) is 0 Å². The van der Waals surface area contributed by atoms with E-state index in [0.717, 1.165) is 41.7 Å². The normalized spacial score (nSPS) is 19.3. The number of hydrogen-bond donors (Lipinski definition) is 2. The second kappa shape index (κ2) is 10.2. The average molecular weight is 449 g/mol. The van der Waals surface area contributed by atoms with Crippen LogP contribution in [-0.4, -0.2) is 59.8 Å². The minimum Gasteiger partial charge on any atom is -0.461 e. The molecule has 1 atom stereocenters. The monoisotopic (exact) mass is 448 g/mol. The third-order valence-corrected chi connectivity index (χ3v) is 5.85. The van der Waals surface area contributed by atoms with Crippen molar-refractivity contribution >= 4 is 34.4 Å². The molecule has 0 bridgehead atoms. The lowest BCUT2D eigenvalue weighted by atomic mass is 10.1. The molecule has 9 heteroatoms. The van der Waals surface area contributed by atoms with Crippen LogP contribution < -0.4 is 10.6 Å². The minimum absolute atomic E-state index is 0.0467. The van der Waals surface area contributed by atoms with Gasteiger partial charge < -0.3 is 19.5 Å². The molecule has 4 rings (SSSR count). The smallest absolute Gasteiger partial charge is 0.247 e. The van der Waals surface area contributed by atoms with E-state index in [-0.39, 0.29) is 24.3 Å².